The summed E-state index contributed by atoms with van der Waals surface area (Å²) in [6.45, 7) is 7.98. The number of methoxy groups -OCH3 is 1. The lowest BCUT2D eigenvalue weighted by Gasteiger charge is -2.31. The van der Waals surface area contributed by atoms with Crippen LogP contribution in [-0.2, 0) is 10.0 Å². The third kappa shape index (κ3) is 5.07. The van der Waals surface area contributed by atoms with Gasteiger partial charge in [-0.2, -0.15) is 4.31 Å². The Labute approximate surface area is 191 Å². The van der Waals surface area contributed by atoms with E-state index in [-0.39, 0.29) is 10.8 Å². The van der Waals surface area contributed by atoms with Gasteiger partial charge in [-0.05, 0) is 62.1 Å². The van der Waals surface area contributed by atoms with Gasteiger partial charge >= 0.3 is 0 Å². The molecule has 0 aliphatic carbocycles. The summed E-state index contributed by atoms with van der Waals surface area (Å²) >= 11 is 0. The Balaban J connectivity index is 2.06. The fourth-order valence-electron chi connectivity index (χ4n) is 4.09. The van der Waals surface area contributed by atoms with Gasteiger partial charge in [0.05, 0.1) is 23.3 Å². The summed E-state index contributed by atoms with van der Waals surface area (Å²) in [5.74, 6) is 0.196. The van der Waals surface area contributed by atoms with Crippen LogP contribution < -0.4 is 15.0 Å². The van der Waals surface area contributed by atoms with Gasteiger partial charge in [0.1, 0.15) is 5.75 Å². The van der Waals surface area contributed by atoms with Crippen LogP contribution in [-0.4, -0.2) is 51.9 Å². The number of piperidine rings is 1. The summed E-state index contributed by atoms with van der Waals surface area (Å²) in [5.41, 5.74) is 2.64. The van der Waals surface area contributed by atoms with Gasteiger partial charge in [-0.25, -0.2) is 8.42 Å². The second kappa shape index (κ2) is 10.4. The third-order valence-electron chi connectivity index (χ3n) is 5.86. The van der Waals surface area contributed by atoms with Crippen molar-refractivity contribution in [1.29, 1.82) is 0 Å². The van der Waals surface area contributed by atoms with Crippen LogP contribution in [0.2, 0.25) is 0 Å². The Hall–Kier alpha value is -2.58. The zero-order valence-corrected chi connectivity index (χ0v) is 20.2. The first-order valence-electron chi connectivity index (χ1n) is 11.2. The molecule has 0 saturated carbocycles. The van der Waals surface area contributed by atoms with Crippen LogP contribution in [0.5, 0.6) is 5.75 Å². The highest BCUT2D eigenvalue weighted by Gasteiger charge is 2.26. The van der Waals surface area contributed by atoms with Crippen molar-refractivity contribution < 1.29 is 17.9 Å². The van der Waals surface area contributed by atoms with Gasteiger partial charge in [0.15, 0.2) is 0 Å². The van der Waals surface area contributed by atoms with Crippen molar-refractivity contribution in [1.82, 2.24) is 4.31 Å². The monoisotopic (exact) mass is 459 g/mol. The largest absolute Gasteiger partial charge is 0.495 e. The van der Waals surface area contributed by atoms with Crippen molar-refractivity contribution in [3.05, 3.63) is 47.5 Å². The number of hydrogen-bond acceptors (Lipinski definition) is 5. The Morgan fingerprint density at radius 2 is 1.75 bits per heavy atom. The first-order valence-corrected chi connectivity index (χ1v) is 12.6. The molecule has 0 bridgehead atoms. The molecule has 0 unspecified atom stereocenters. The molecule has 0 spiro atoms. The number of amides is 1. The predicted molar refractivity (Wildman–Crippen MR) is 128 cm³/mol. The SMILES string of the molecule is CCN(CC)S(=O)(=O)c1ccc(N2CCCCC2)c(C(=O)Nc2cc(C)ccc2OC)c1. The maximum atomic E-state index is 13.4. The number of anilines is 2. The Bertz CT molecular complexity index is 1060. The molecular formula is C24H33N3O4S. The highest BCUT2D eigenvalue weighted by Crippen LogP contribution is 2.31. The van der Waals surface area contributed by atoms with E-state index in [4.69, 9.17) is 4.74 Å². The molecule has 32 heavy (non-hydrogen) atoms. The zero-order valence-electron chi connectivity index (χ0n) is 19.3. The fraction of sp³-hybridized carbons (Fsp3) is 0.458. The lowest BCUT2D eigenvalue weighted by molar-refractivity contribution is 0.102. The fourth-order valence-corrected chi connectivity index (χ4v) is 5.57. The molecule has 0 atom stereocenters. The summed E-state index contributed by atoms with van der Waals surface area (Å²) in [6.07, 6.45) is 3.26. The molecule has 2 aromatic carbocycles. The van der Waals surface area contributed by atoms with Crippen LogP contribution in [0.4, 0.5) is 11.4 Å². The molecule has 1 heterocycles. The lowest BCUT2D eigenvalue weighted by Crippen LogP contribution is -2.33. The van der Waals surface area contributed by atoms with Gasteiger partial charge in [0, 0.05) is 31.9 Å². The van der Waals surface area contributed by atoms with Crippen molar-refractivity contribution in [3.63, 3.8) is 0 Å². The molecule has 1 aliphatic rings. The molecule has 1 saturated heterocycles. The molecule has 1 fully saturated rings. The van der Waals surface area contributed by atoms with E-state index in [1.54, 1.807) is 39.2 Å². The molecule has 7 nitrogen and oxygen atoms in total. The van der Waals surface area contributed by atoms with Crippen LogP contribution >= 0.6 is 0 Å². The molecule has 0 aromatic heterocycles. The molecule has 174 valence electrons. The van der Waals surface area contributed by atoms with E-state index >= 15 is 0 Å². The van der Waals surface area contributed by atoms with Gasteiger partial charge in [-0.3, -0.25) is 4.79 Å². The molecule has 0 radical (unpaired) electrons. The standard InChI is InChI=1S/C24H33N3O4S/c1-5-27(6-2)32(29,30)19-11-12-22(26-14-8-7-9-15-26)20(17-19)24(28)25-21-16-18(3)10-13-23(21)31-4/h10-13,16-17H,5-9,14-15H2,1-4H3,(H,25,28). The third-order valence-corrected chi connectivity index (χ3v) is 7.90. The van der Waals surface area contributed by atoms with Gasteiger partial charge < -0.3 is 15.0 Å². The number of carbonyl (C=O) groups excluding carboxylic acids is 1. The van der Waals surface area contributed by atoms with Crippen LogP contribution in [0, 0.1) is 6.92 Å². The first kappa shape index (κ1) is 24.1. The smallest absolute Gasteiger partial charge is 0.257 e. The number of nitrogens with one attached hydrogen (secondary N) is 1. The van der Waals surface area contributed by atoms with Crippen molar-refractivity contribution in [2.24, 2.45) is 0 Å². The molecule has 1 amide bonds. The normalized spacial score (nSPS) is 14.5. The Morgan fingerprint density at radius 1 is 1.06 bits per heavy atom. The molecule has 1 aliphatic heterocycles. The van der Waals surface area contributed by atoms with Gasteiger partial charge in [0.2, 0.25) is 10.0 Å². The van der Waals surface area contributed by atoms with Crippen LogP contribution in [0.1, 0.15) is 49.0 Å². The highest BCUT2D eigenvalue weighted by molar-refractivity contribution is 7.89. The summed E-state index contributed by atoms with van der Waals surface area (Å²) in [7, 11) is -2.13. The van der Waals surface area contributed by atoms with E-state index in [9.17, 15) is 13.2 Å². The minimum atomic E-state index is -3.69. The minimum Gasteiger partial charge on any atom is -0.495 e. The lowest BCUT2D eigenvalue weighted by atomic mass is 10.1. The number of benzene rings is 2. The number of rotatable bonds is 8. The highest BCUT2D eigenvalue weighted by atomic mass is 32.2. The summed E-state index contributed by atoms with van der Waals surface area (Å²) in [6, 6.07) is 10.4. The van der Waals surface area contributed by atoms with Crippen molar-refractivity contribution in [2.45, 2.75) is 44.9 Å². The predicted octanol–water partition coefficient (Wildman–Crippen LogP) is 4.28. The maximum absolute atomic E-state index is 13.4. The quantitative estimate of drug-likeness (QED) is 0.638. The number of carbonyl (C=O) groups is 1. The zero-order chi connectivity index (χ0) is 23.3. The van der Waals surface area contributed by atoms with E-state index in [1.807, 2.05) is 19.1 Å². The topological polar surface area (TPSA) is 79.0 Å². The van der Waals surface area contributed by atoms with Crippen LogP contribution in [0.3, 0.4) is 0 Å². The summed E-state index contributed by atoms with van der Waals surface area (Å²) in [4.78, 5) is 15.7. The first-order chi connectivity index (χ1) is 15.3. The van der Waals surface area contributed by atoms with E-state index in [1.165, 1.54) is 10.4 Å². The van der Waals surface area contributed by atoms with Crippen LogP contribution in [0.25, 0.3) is 0 Å². The average molecular weight is 460 g/mol. The molecule has 1 N–H and O–H groups in total. The number of aryl methyl sites for hydroxylation is 1. The van der Waals surface area contributed by atoms with Crippen LogP contribution in [0.15, 0.2) is 41.3 Å². The van der Waals surface area contributed by atoms with E-state index < -0.39 is 10.0 Å². The Kier molecular flexibility index (Phi) is 7.79. The molecule has 8 heteroatoms. The van der Waals surface area contributed by atoms with E-state index in [0.717, 1.165) is 43.6 Å². The Morgan fingerprint density at radius 3 is 2.38 bits per heavy atom. The number of ether oxygens (including phenoxy) is 1. The van der Waals surface area contributed by atoms with Crippen molar-refractivity contribution >= 4 is 27.3 Å². The van der Waals surface area contributed by atoms with Crippen molar-refractivity contribution in [2.75, 3.05) is 43.5 Å². The maximum Gasteiger partial charge on any atom is 0.257 e. The van der Waals surface area contributed by atoms with E-state index in [0.29, 0.717) is 30.1 Å². The number of hydrogen-bond donors (Lipinski definition) is 1. The number of nitrogens with zero attached hydrogens (tertiary/aromatic N) is 2. The van der Waals surface area contributed by atoms with Gasteiger partial charge in [-0.15, -0.1) is 0 Å². The van der Waals surface area contributed by atoms with E-state index in [2.05, 4.69) is 10.2 Å². The second-order valence-electron chi connectivity index (χ2n) is 7.97. The van der Waals surface area contributed by atoms with Gasteiger partial charge in [-0.1, -0.05) is 19.9 Å². The van der Waals surface area contributed by atoms with Gasteiger partial charge in [0.25, 0.3) is 5.91 Å². The molecule has 3 rings (SSSR count). The minimum absolute atomic E-state index is 0.128. The van der Waals surface area contributed by atoms with Crippen molar-refractivity contribution in [3.8, 4) is 5.75 Å². The summed E-state index contributed by atoms with van der Waals surface area (Å²) < 4.78 is 33.0. The molecular weight excluding hydrogens is 426 g/mol. The summed E-state index contributed by atoms with van der Waals surface area (Å²) in [5, 5.41) is 2.93. The number of sulfonamides is 1. The molecule has 2 aromatic rings. The average Bonchev–Trinajstić information content (AvgIpc) is 2.80. The second-order valence-corrected chi connectivity index (χ2v) is 9.91.